The van der Waals surface area contributed by atoms with E-state index in [4.69, 9.17) is 14.2 Å². The van der Waals surface area contributed by atoms with Crippen molar-refractivity contribution in [1.82, 2.24) is 0 Å². The minimum Gasteiger partial charge on any atom is -0.493 e. The van der Waals surface area contributed by atoms with Gasteiger partial charge in [-0.2, -0.15) is 5.26 Å². The van der Waals surface area contributed by atoms with Gasteiger partial charge in [-0.25, -0.2) is 0 Å². The fourth-order valence-corrected chi connectivity index (χ4v) is 2.38. The number of epoxide rings is 1. The molecule has 0 saturated carbocycles. The van der Waals surface area contributed by atoms with E-state index in [1.54, 1.807) is 19.2 Å². The Kier molecular flexibility index (Phi) is 4.27. The average molecular weight is 295 g/mol. The number of hydrogen-bond donors (Lipinski definition) is 0. The molecule has 0 aromatic heterocycles. The first-order valence-electron chi connectivity index (χ1n) is 7.20. The van der Waals surface area contributed by atoms with Crippen molar-refractivity contribution in [3.63, 3.8) is 0 Å². The quantitative estimate of drug-likeness (QED) is 0.768. The Labute approximate surface area is 129 Å². The van der Waals surface area contributed by atoms with Crippen LogP contribution in [0.4, 0.5) is 0 Å². The highest BCUT2D eigenvalue weighted by Crippen LogP contribution is 2.36. The van der Waals surface area contributed by atoms with Crippen LogP contribution < -0.4 is 9.47 Å². The lowest BCUT2D eigenvalue weighted by Gasteiger charge is -2.16. The summed E-state index contributed by atoms with van der Waals surface area (Å²) in [5.74, 6) is 1.28. The molecule has 112 valence electrons. The molecule has 1 unspecified atom stereocenters. The summed E-state index contributed by atoms with van der Waals surface area (Å²) in [6.45, 7) is 1.17. The molecule has 0 amide bonds. The Balaban J connectivity index is 1.90. The van der Waals surface area contributed by atoms with Crippen LogP contribution in [0.5, 0.6) is 11.5 Å². The summed E-state index contributed by atoms with van der Waals surface area (Å²) in [4.78, 5) is 0. The second-order valence-corrected chi connectivity index (χ2v) is 5.17. The van der Waals surface area contributed by atoms with Gasteiger partial charge >= 0.3 is 0 Å². The van der Waals surface area contributed by atoms with Crippen LogP contribution in [0.15, 0.2) is 42.5 Å². The Bertz CT molecular complexity index is 687. The molecule has 1 fully saturated rings. The van der Waals surface area contributed by atoms with E-state index in [1.807, 2.05) is 30.3 Å². The number of methoxy groups -OCH3 is 1. The Morgan fingerprint density at radius 2 is 2.00 bits per heavy atom. The van der Waals surface area contributed by atoms with E-state index >= 15 is 0 Å². The van der Waals surface area contributed by atoms with Gasteiger partial charge in [0.1, 0.15) is 6.61 Å². The van der Waals surface area contributed by atoms with Gasteiger partial charge in [-0.05, 0) is 17.7 Å². The zero-order valence-electron chi connectivity index (χ0n) is 12.4. The lowest BCUT2D eigenvalue weighted by molar-refractivity contribution is 0.280. The van der Waals surface area contributed by atoms with Crippen LogP contribution in [0.2, 0.25) is 0 Å². The number of nitriles is 1. The van der Waals surface area contributed by atoms with Crippen LogP contribution >= 0.6 is 0 Å². The predicted octanol–water partition coefficient (Wildman–Crippen LogP) is 3.09. The van der Waals surface area contributed by atoms with Crippen molar-refractivity contribution in [1.29, 1.82) is 5.26 Å². The molecule has 1 atom stereocenters. The summed E-state index contributed by atoms with van der Waals surface area (Å²) in [5.41, 5.74) is 2.54. The summed E-state index contributed by atoms with van der Waals surface area (Å²) in [5, 5.41) is 9.34. The molecule has 1 aliphatic rings. The highest BCUT2D eigenvalue weighted by atomic mass is 16.6. The molecular formula is C18H17NO3. The van der Waals surface area contributed by atoms with Crippen molar-refractivity contribution in [3.8, 4) is 17.6 Å². The molecular weight excluding hydrogens is 278 g/mol. The van der Waals surface area contributed by atoms with E-state index in [-0.39, 0.29) is 6.10 Å². The van der Waals surface area contributed by atoms with Crippen LogP contribution in [-0.2, 0) is 17.8 Å². The molecule has 2 aromatic carbocycles. The van der Waals surface area contributed by atoms with Crippen LogP contribution in [0.25, 0.3) is 0 Å². The zero-order valence-corrected chi connectivity index (χ0v) is 12.4. The summed E-state index contributed by atoms with van der Waals surface area (Å²) in [6.07, 6.45) is 0.850. The van der Waals surface area contributed by atoms with Crippen molar-refractivity contribution < 1.29 is 14.2 Å². The number of benzene rings is 2. The van der Waals surface area contributed by atoms with Crippen molar-refractivity contribution in [2.75, 3.05) is 13.7 Å². The first-order valence-corrected chi connectivity index (χ1v) is 7.20. The number of nitrogens with zero attached hydrogens (tertiary/aromatic N) is 1. The second-order valence-electron chi connectivity index (χ2n) is 5.17. The molecule has 22 heavy (non-hydrogen) atoms. The molecule has 1 heterocycles. The third-order valence-electron chi connectivity index (χ3n) is 3.62. The number of hydrogen-bond acceptors (Lipinski definition) is 4. The largest absolute Gasteiger partial charge is 0.493 e. The van der Waals surface area contributed by atoms with Gasteiger partial charge in [-0.15, -0.1) is 0 Å². The fourth-order valence-electron chi connectivity index (χ4n) is 2.38. The SMILES string of the molecule is COc1ccc(C#N)c(CC2CO2)c1OCc1ccccc1. The van der Waals surface area contributed by atoms with Crippen molar-refractivity contribution >= 4 is 0 Å². The van der Waals surface area contributed by atoms with Crippen molar-refractivity contribution in [2.24, 2.45) is 0 Å². The smallest absolute Gasteiger partial charge is 0.166 e. The van der Waals surface area contributed by atoms with Gasteiger partial charge in [0.2, 0.25) is 0 Å². The maximum atomic E-state index is 9.34. The Morgan fingerprint density at radius 1 is 1.23 bits per heavy atom. The standard InChI is InChI=1S/C18H17NO3/c1-20-17-8-7-14(10-19)16(9-15-12-21-15)18(17)22-11-13-5-3-2-4-6-13/h2-8,15H,9,11-12H2,1H3. The van der Waals surface area contributed by atoms with E-state index in [0.717, 1.165) is 17.7 Å². The van der Waals surface area contributed by atoms with Crippen LogP contribution in [0.3, 0.4) is 0 Å². The molecule has 4 nitrogen and oxygen atoms in total. The van der Waals surface area contributed by atoms with Gasteiger partial charge in [-0.3, -0.25) is 0 Å². The van der Waals surface area contributed by atoms with E-state index in [9.17, 15) is 5.26 Å². The highest BCUT2D eigenvalue weighted by Gasteiger charge is 2.27. The molecule has 0 radical (unpaired) electrons. The van der Waals surface area contributed by atoms with E-state index in [0.29, 0.717) is 30.1 Å². The lowest BCUT2D eigenvalue weighted by Crippen LogP contribution is -2.05. The van der Waals surface area contributed by atoms with Crippen LogP contribution in [0, 0.1) is 11.3 Å². The summed E-state index contributed by atoms with van der Waals surface area (Å²) in [6, 6.07) is 15.7. The summed E-state index contributed by atoms with van der Waals surface area (Å²) >= 11 is 0. The summed E-state index contributed by atoms with van der Waals surface area (Å²) < 4.78 is 16.7. The molecule has 0 bridgehead atoms. The average Bonchev–Trinajstić information content (AvgIpc) is 3.38. The van der Waals surface area contributed by atoms with Crippen LogP contribution in [0.1, 0.15) is 16.7 Å². The normalized spacial score (nSPS) is 15.9. The van der Waals surface area contributed by atoms with Gasteiger partial charge in [-0.1, -0.05) is 30.3 Å². The van der Waals surface area contributed by atoms with Crippen molar-refractivity contribution in [2.45, 2.75) is 19.1 Å². The first-order chi connectivity index (χ1) is 10.8. The number of ether oxygens (including phenoxy) is 3. The number of rotatable bonds is 6. The van der Waals surface area contributed by atoms with E-state index in [2.05, 4.69) is 6.07 Å². The summed E-state index contributed by atoms with van der Waals surface area (Å²) in [7, 11) is 1.61. The molecule has 0 aliphatic carbocycles. The maximum Gasteiger partial charge on any atom is 0.166 e. The molecule has 0 N–H and O–H groups in total. The minimum atomic E-state index is 0.179. The highest BCUT2D eigenvalue weighted by molar-refractivity contribution is 5.55. The first kappa shape index (κ1) is 14.4. The third-order valence-corrected chi connectivity index (χ3v) is 3.62. The molecule has 3 rings (SSSR count). The monoisotopic (exact) mass is 295 g/mol. The Morgan fingerprint density at radius 3 is 2.64 bits per heavy atom. The third kappa shape index (κ3) is 3.21. The molecule has 2 aromatic rings. The molecule has 1 saturated heterocycles. The van der Waals surface area contributed by atoms with Gasteiger partial charge in [0.25, 0.3) is 0 Å². The Hall–Kier alpha value is -2.51. The van der Waals surface area contributed by atoms with Gasteiger partial charge < -0.3 is 14.2 Å². The maximum absolute atomic E-state index is 9.34. The minimum absolute atomic E-state index is 0.179. The molecule has 1 aliphatic heterocycles. The van der Waals surface area contributed by atoms with E-state index in [1.165, 1.54) is 0 Å². The predicted molar refractivity (Wildman–Crippen MR) is 81.9 cm³/mol. The molecule has 4 heteroatoms. The van der Waals surface area contributed by atoms with Gasteiger partial charge in [0, 0.05) is 12.0 Å². The van der Waals surface area contributed by atoms with Crippen LogP contribution in [-0.4, -0.2) is 19.8 Å². The topological polar surface area (TPSA) is 54.8 Å². The fraction of sp³-hybridized carbons (Fsp3) is 0.278. The molecule has 0 spiro atoms. The van der Waals surface area contributed by atoms with Gasteiger partial charge in [0.05, 0.1) is 31.5 Å². The second kappa shape index (κ2) is 6.50. The van der Waals surface area contributed by atoms with E-state index < -0.39 is 0 Å². The van der Waals surface area contributed by atoms with Crippen molar-refractivity contribution in [3.05, 3.63) is 59.2 Å². The lowest BCUT2D eigenvalue weighted by atomic mass is 10.0. The zero-order chi connectivity index (χ0) is 15.4. The van der Waals surface area contributed by atoms with Gasteiger partial charge in [0.15, 0.2) is 11.5 Å².